The molecule has 8 nitrogen and oxygen atoms in total. The lowest BCUT2D eigenvalue weighted by molar-refractivity contribution is -0.139. The molecule has 1 aromatic carbocycles. The van der Waals surface area contributed by atoms with Crippen LogP contribution >= 0.6 is 27.7 Å². The second-order valence-electron chi connectivity index (χ2n) is 5.10. The summed E-state index contributed by atoms with van der Waals surface area (Å²) in [6.45, 7) is 1.55. The molecule has 0 amide bonds. The number of H-pyrrole nitrogens is 1. The number of hydrogen-bond acceptors (Lipinski definition) is 6. The molecule has 0 bridgehead atoms. The third-order valence-corrected chi connectivity index (χ3v) is 4.51. The molecule has 0 fully saturated rings. The van der Waals surface area contributed by atoms with Crippen LogP contribution < -0.4 is 4.74 Å². The van der Waals surface area contributed by atoms with Crippen molar-refractivity contribution in [2.45, 2.75) is 24.9 Å². The number of aromatic nitrogens is 3. The molecule has 2 rings (SSSR count). The number of hydrogen-bond donors (Lipinski definition) is 3. The van der Waals surface area contributed by atoms with E-state index in [9.17, 15) is 14.7 Å². The molecule has 0 spiro atoms. The second-order valence-corrected chi connectivity index (χ2v) is 6.97. The van der Waals surface area contributed by atoms with Gasteiger partial charge < -0.3 is 14.9 Å². The van der Waals surface area contributed by atoms with Crippen LogP contribution in [0.5, 0.6) is 5.75 Å². The molecule has 26 heavy (non-hydrogen) atoms. The van der Waals surface area contributed by atoms with Crippen LogP contribution in [0.2, 0.25) is 0 Å². The second kappa shape index (κ2) is 9.39. The van der Waals surface area contributed by atoms with E-state index in [2.05, 4.69) is 31.1 Å². The van der Waals surface area contributed by atoms with Crippen LogP contribution in [-0.2, 0) is 16.0 Å². The highest BCUT2D eigenvalue weighted by molar-refractivity contribution is 9.10. The lowest BCUT2D eigenvalue weighted by Crippen LogP contribution is -2.09. The lowest BCUT2D eigenvalue weighted by atomic mass is 10.2. The van der Waals surface area contributed by atoms with Gasteiger partial charge in [0, 0.05) is 6.42 Å². The average Bonchev–Trinajstić information content (AvgIpc) is 3.01. The molecule has 10 heteroatoms. The average molecular weight is 442 g/mol. The Morgan fingerprint density at radius 1 is 1.38 bits per heavy atom. The zero-order chi connectivity index (χ0) is 19.1. The van der Waals surface area contributed by atoms with E-state index < -0.39 is 18.5 Å². The number of ether oxygens (including phenoxy) is 1. The molecular formula is C16H16BrN3O5S. The van der Waals surface area contributed by atoms with Crippen molar-refractivity contribution in [3.8, 4) is 5.75 Å². The number of halogens is 1. The van der Waals surface area contributed by atoms with Gasteiger partial charge in [-0.1, -0.05) is 13.0 Å². The molecular weight excluding hydrogens is 426 g/mol. The van der Waals surface area contributed by atoms with E-state index in [4.69, 9.17) is 9.84 Å². The highest BCUT2D eigenvalue weighted by atomic mass is 79.9. The van der Waals surface area contributed by atoms with E-state index in [0.717, 1.165) is 24.6 Å². The number of carboxylic acids is 2. The van der Waals surface area contributed by atoms with Gasteiger partial charge in [-0.25, -0.2) is 14.6 Å². The first-order valence-corrected chi connectivity index (χ1v) is 9.18. The molecule has 0 saturated heterocycles. The van der Waals surface area contributed by atoms with E-state index in [1.165, 1.54) is 6.08 Å². The van der Waals surface area contributed by atoms with Crippen LogP contribution in [0.25, 0.3) is 6.08 Å². The monoisotopic (exact) mass is 441 g/mol. The van der Waals surface area contributed by atoms with Crippen molar-refractivity contribution < 1.29 is 24.5 Å². The molecule has 1 aromatic heterocycles. The summed E-state index contributed by atoms with van der Waals surface area (Å²) in [7, 11) is 0. The molecule has 0 unspecified atom stereocenters. The summed E-state index contributed by atoms with van der Waals surface area (Å²) in [6.07, 6.45) is 3.13. The predicted molar refractivity (Wildman–Crippen MR) is 99.1 cm³/mol. The summed E-state index contributed by atoms with van der Waals surface area (Å²) in [5, 5.41) is 25.2. The summed E-state index contributed by atoms with van der Waals surface area (Å²) in [4.78, 5) is 26.4. The van der Waals surface area contributed by atoms with Crippen LogP contribution in [0, 0.1) is 0 Å². The summed E-state index contributed by atoms with van der Waals surface area (Å²) < 4.78 is 5.63. The number of thioether (sulfide) groups is 1. The first kappa shape index (κ1) is 20.0. The van der Waals surface area contributed by atoms with E-state index >= 15 is 0 Å². The third kappa shape index (κ3) is 5.88. The largest absolute Gasteiger partial charge is 0.481 e. The zero-order valence-corrected chi connectivity index (χ0v) is 16.1. The van der Waals surface area contributed by atoms with Gasteiger partial charge in [-0.05, 0) is 57.9 Å². The summed E-state index contributed by atoms with van der Waals surface area (Å²) >= 11 is 4.23. The van der Waals surface area contributed by atoms with Gasteiger partial charge in [0.1, 0.15) is 16.5 Å². The van der Waals surface area contributed by atoms with Crippen molar-refractivity contribution in [3.63, 3.8) is 0 Å². The number of aliphatic carboxylic acids is 2. The molecule has 0 radical (unpaired) electrons. The first-order valence-electron chi connectivity index (χ1n) is 7.57. The maximum absolute atomic E-state index is 11.5. The van der Waals surface area contributed by atoms with Crippen LogP contribution in [0.1, 0.15) is 24.7 Å². The smallest absolute Gasteiger partial charge is 0.342 e. The van der Waals surface area contributed by atoms with Crippen molar-refractivity contribution in [1.29, 1.82) is 0 Å². The number of aryl methyl sites for hydroxylation is 1. The maximum atomic E-state index is 11.5. The molecule has 3 N–H and O–H groups in total. The lowest BCUT2D eigenvalue weighted by Gasteiger charge is -2.07. The molecule has 0 saturated carbocycles. The van der Waals surface area contributed by atoms with E-state index in [-0.39, 0.29) is 4.91 Å². The van der Waals surface area contributed by atoms with E-state index in [1.807, 2.05) is 6.92 Å². The number of rotatable bonds is 9. The van der Waals surface area contributed by atoms with Gasteiger partial charge in [0.15, 0.2) is 6.61 Å². The number of benzene rings is 1. The Balaban J connectivity index is 2.18. The molecule has 1 heterocycles. The summed E-state index contributed by atoms with van der Waals surface area (Å²) in [5.41, 5.74) is 0.605. The number of aromatic amines is 1. The van der Waals surface area contributed by atoms with Crippen LogP contribution in [0.3, 0.4) is 0 Å². The van der Waals surface area contributed by atoms with Crippen LogP contribution in [-0.4, -0.2) is 43.9 Å². The first-order chi connectivity index (χ1) is 12.4. The Morgan fingerprint density at radius 3 is 2.77 bits per heavy atom. The standard InChI is InChI=1S/C16H16BrN3O5S/c1-2-3-13-18-16(20-19-13)26-12(15(23)24)7-9-4-5-11(10(17)6-9)25-8-14(21)22/h4-7H,2-3,8H2,1H3,(H,21,22)(H,23,24)(H,18,19,20)/b12-7+. The molecule has 2 aromatic rings. The fraction of sp³-hybridized carbons (Fsp3) is 0.250. The van der Waals surface area contributed by atoms with Crippen molar-refractivity contribution in [2.24, 2.45) is 0 Å². The fourth-order valence-electron chi connectivity index (χ4n) is 1.92. The number of carbonyl (C=O) groups is 2. The quantitative estimate of drug-likeness (QED) is 0.399. The third-order valence-electron chi connectivity index (χ3n) is 3.01. The molecule has 0 aliphatic rings. The fourth-order valence-corrected chi connectivity index (χ4v) is 3.16. The van der Waals surface area contributed by atoms with Gasteiger partial charge in [-0.2, -0.15) is 0 Å². The van der Waals surface area contributed by atoms with Crippen LogP contribution in [0.15, 0.2) is 32.7 Å². The normalized spacial score (nSPS) is 11.4. The van der Waals surface area contributed by atoms with Crippen molar-refractivity contribution in [2.75, 3.05) is 6.61 Å². The van der Waals surface area contributed by atoms with Crippen molar-refractivity contribution in [3.05, 3.63) is 39.0 Å². The van der Waals surface area contributed by atoms with Gasteiger partial charge in [-0.15, -0.1) is 5.10 Å². The highest BCUT2D eigenvalue weighted by Crippen LogP contribution is 2.30. The SMILES string of the molecule is CCCc1nc(S/C(=C/c2ccc(OCC(=O)O)c(Br)c2)C(=O)O)n[nH]1. The van der Waals surface area contributed by atoms with E-state index in [1.54, 1.807) is 18.2 Å². The van der Waals surface area contributed by atoms with Crippen molar-refractivity contribution in [1.82, 2.24) is 15.2 Å². The zero-order valence-electron chi connectivity index (χ0n) is 13.7. The predicted octanol–water partition coefficient (Wildman–Crippen LogP) is 3.20. The van der Waals surface area contributed by atoms with Crippen molar-refractivity contribution >= 4 is 45.7 Å². The minimum atomic E-state index is -1.10. The Bertz CT molecular complexity index is 837. The topological polar surface area (TPSA) is 125 Å². The number of nitrogens with zero attached hydrogens (tertiary/aromatic N) is 2. The Labute approximate surface area is 161 Å². The van der Waals surface area contributed by atoms with Gasteiger partial charge in [-0.3, -0.25) is 5.10 Å². The molecule has 0 aliphatic heterocycles. The van der Waals surface area contributed by atoms with Crippen LogP contribution in [0.4, 0.5) is 0 Å². The highest BCUT2D eigenvalue weighted by Gasteiger charge is 2.14. The maximum Gasteiger partial charge on any atom is 0.342 e. The Morgan fingerprint density at radius 2 is 2.15 bits per heavy atom. The minimum absolute atomic E-state index is 0.0538. The van der Waals surface area contributed by atoms with Gasteiger partial charge in [0.2, 0.25) is 5.16 Å². The van der Waals surface area contributed by atoms with Gasteiger partial charge in [0.05, 0.1) is 4.47 Å². The Kier molecular flexibility index (Phi) is 7.22. The number of carboxylic acid groups (broad SMARTS) is 2. The summed E-state index contributed by atoms with van der Waals surface area (Å²) in [5.74, 6) is -1.12. The van der Waals surface area contributed by atoms with Gasteiger partial charge >= 0.3 is 11.9 Å². The molecule has 138 valence electrons. The minimum Gasteiger partial charge on any atom is -0.481 e. The molecule has 0 aliphatic carbocycles. The molecule has 0 atom stereocenters. The number of nitrogens with one attached hydrogen (secondary N) is 1. The van der Waals surface area contributed by atoms with Gasteiger partial charge in [0.25, 0.3) is 0 Å². The van der Waals surface area contributed by atoms with E-state index in [0.29, 0.717) is 26.8 Å². The summed E-state index contributed by atoms with van der Waals surface area (Å²) in [6, 6.07) is 4.84. The Hall–Kier alpha value is -2.33.